The number of hydrogen-bond donors (Lipinski definition) is 2. The SMILES string of the molecule is COc1cc(OC)cc(-c2cccc(C3(C)CC(=O)N(C)C(N)N3)c2)c1. The maximum Gasteiger partial charge on any atom is 0.226 e. The van der Waals surface area contributed by atoms with E-state index in [0.29, 0.717) is 6.42 Å². The second kappa shape index (κ2) is 6.97. The van der Waals surface area contributed by atoms with E-state index in [4.69, 9.17) is 15.2 Å². The summed E-state index contributed by atoms with van der Waals surface area (Å²) in [6.45, 7) is 2.00. The van der Waals surface area contributed by atoms with Gasteiger partial charge >= 0.3 is 0 Å². The van der Waals surface area contributed by atoms with Gasteiger partial charge in [0.2, 0.25) is 5.91 Å². The van der Waals surface area contributed by atoms with Crippen LogP contribution in [-0.2, 0) is 10.3 Å². The van der Waals surface area contributed by atoms with E-state index in [9.17, 15) is 4.79 Å². The Morgan fingerprint density at radius 1 is 1.12 bits per heavy atom. The average molecular weight is 355 g/mol. The van der Waals surface area contributed by atoms with Crippen LogP contribution >= 0.6 is 0 Å². The van der Waals surface area contributed by atoms with Crippen molar-refractivity contribution in [3.05, 3.63) is 48.0 Å². The zero-order chi connectivity index (χ0) is 18.9. The van der Waals surface area contributed by atoms with Gasteiger partial charge in [0.15, 0.2) is 0 Å². The summed E-state index contributed by atoms with van der Waals surface area (Å²) < 4.78 is 10.7. The lowest BCUT2D eigenvalue weighted by molar-refractivity contribution is -0.139. The first-order valence-electron chi connectivity index (χ1n) is 8.49. The molecule has 0 saturated carbocycles. The standard InChI is InChI=1S/C20H25N3O3/c1-20(12-18(24)23(2)19(21)22-20)15-7-5-6-13(8-15)14-9-16(25-3)11-17(10-14)26-4/h5-11,19,22H,12,21H2,1-4H3. The summed E-state index contributed by atoms with van der Waals surface area (Å²) in [7, 11) is 4.97. The van der Waals surface area contributed by atoms with Crippen molar-refractivity contribution in [2.75, 3.05) is 21.3 Å². The monoisotopic (exact) mass is 355 g/mol. The van der Waals surface area contributed by atoms with Gasteiger partial charge in [-0.1, -0.05) is 18.2 Å². The van der Waals surface area contributed by atoms with Crippen LogP contribution in [0.3, 0.4) is 0 Å². The van der Waals surface area contributed by atoms with E-state index >= 15 is 0 Å². The lowest BCUT2D eigenvalue weighted by Gasteiger charge is -2.43. The van der Waals surface area contributed by atoms with Crippen molar-refractivity contribution >= 4 is 5.91 Å². The van der Waals surface area contributed by atoms with Gasteiger partial charge in [0.05, 0.1) is 19.8 Å². The lowest BCUT2D eigenvalue weighted by Crippen LogP contribution is -2.64. The number of carbonyl (C=O) groups excluding carboxylic acids is 1. The van der Waals surface area contributed by atoms with E-state index in [1.165, 1.54) is 4.90 Å². The van der Waals surface area contributed by atoms with Gasteiger partial charge in [0.1, 0.15) is 17.8 Å². The van der Waals surface area contributed by atoms with Crippen LogP contribution < -0.4 is 20.5 Å². The minimum atomic E-state index is -0.526. The van der Waals surface area contributed by atoms with Crippen LogP contribution in [0, 0.1) is 0 Å². The molecule has 2 aromatic rings. The number of nitrogens with one attached hydrogen (secondary N) is 1. The van der Waals surface area contributed by atoms with E-state index in [2.05, 4.69) is 11.4 Å². The normalized spacial score (nSPS) is 23.0. The Hall–Kier alpha value is -2.57. The van der Waals surface area contributed by atoms with Crippen LogP contribution in [0.4, 0.5) is 0 Å². The van der Waals surface area contributed by atoms with Crippen molar-refractivity contribution in [2.45, 2.75) is 25.2 Å². The van der Waals surface area contributed by atoms with Crippen molar-refractivity contribution in [1.82, 2.24) is 10.2 Å². The van der Waals surface area contributed by atoms with Gasteiger partial charge in [-0.25, -0.2) is 0 Å². The van der Waals surface area contributed by atoms with E-state index in [1.807, 2.05) is 43.3 Å². The fourth-order valence-corrected chi connectivity index (χ4v) is 3.26. The molecule has 2 atom stereocenters. The molecule has 2 aromatic carbocycles. The van der Waals surface area contributed by atoms with Crippen molar-refractivity contribution in [3.63, 3.8) is 0 Å². The highest BCUT2D eigenvalue weighted by atomic mass is 16.5. The number of methoxy groups -OCH3 is 2. The van der Waals surface area contributed by atoms with Gasteiger partial charge in [-0.3, -0.25) is 15.8 Å². The Kier molecular flexibility index (Phi) is 4.89. The molecule has 1 fully saturated rings. The van der Waals surface area contributed by atoms with Crippen LogP contribution in [0.1, 0.15) is 18.9 Å². The quantitative estimate of drug-likeness (QED) is 0.880. The molecule has 6 heteroatoms. The van der Waals surface area contributed by atoms with Crippen molar-refractivity contribution in [2.24, 2.45) is 5.73 Å². The molecule has 3 N–H and O–H groups in total. The summed E-state index contributed by atoms with van der Waals surface area (Å²) >= 11 is 0. The maximum absolute atomic E-state index is 12.3. The van der Waals surface area contributed by atoms with Crippen molar-refractivity contribution in [1.29, 1.82) is 0 Å². The van der Waals surface area contributed by atoms with Gasteiger partial charge in [-0.15, -0.1) is 0 Å². The number of ether oxygens (including phenoxy) is 2. The Morgan fingerprint density at radius 2 is 1.77 bits per heavy atom. The third-order valence-corrected chi connectivity index (χ3v) is 4.97. The first-order valence-corrected chi connectivity index (χ1v) is 8.49. The predicted octanol–water partition coefficient (Wildman–Crippen LogP) is 2.28. The van der Waals surface area contributed by atoms with E-state index in [-0.39, 0.29) is 5.91 Å². The largest absolute Gasteiger partial charge is 0.497 e. The van der Waals surface area contributed by atoms with Gasteiger partial charge in [0.25, 0.3) is 0 Å². The Balaban J connectivity index is 2.00. The first kappa shape index (κ1) is 18.2. The molecule has 1 aliphatic rings. The molecule has 0 bridgehead atoms. The molecule has 0 radical (unpaired) electrons. The topological polar surface area (TPSA) is 76.8 Å². The summed E-state index contributed by atoms with van der Waals surface area (Å²) in [6.07, 6.45) is -0.163. The van der Waals surface area contributed by atoms with Gasteiger partial charge in [-0.2, -0.15) is 0 Å². The molecule has 0 aliphatic carbocycles. The molecular weight excluding hydrogens is 330 g/mol. The summed E-state index contributed by atoms with van der Waals surface area (Å²) in [5.41, 5.74) is 8.55. The van der Waals surface area contributed by atoms with Gasteiger partial charge < -0.3 is 14.4 Å². The highest BCUT2D eigenvalue weighted by Gasteiger charge is 2.38. The number of amides is 1. The Labute approximate surface area is 153 Å². The summed E-state index contributed by atoms with van der Waals surface area (Å²) in [5, 5.41) is 3.35. The van der Waals surface area contributed by atoms with Crippen LogP contribution in [0.15, 0.2) is 42.5 Å². The highest BCUT2D eigenvalue weighted by Crippen LogP contribution is 2.34. The van der Waals surface area contributed by atoms with Gasteiger partial charge in [-0.05, 0) is 41.8 Å². The smallest absolute Gasteiger partial charge is 0.226 e. The third kappa shape index (κ3) is 3.38. The minimum Gasteiger partial charge on any atom is -0.497 e. The summed E-state index contributed by atoms with van der Waals surface area (Å²) in [6, 6.07) is 13.9. The van der Waals surface area contributed by atoms with Crippen LogP contribution in [0.2, 0.25) is 0 Å². The molecule has 1 saturated heterocycles. The molecule has 1 aliphatic heterocycles. The number of rotatable bonds is 4. The summed E-state index contributed by atoms with van der Waals surface area (Å²) in [4.78, 5) is 13.8. The molecule has 1 heterocycles. The number of benzene rings is 2. The average Bonchev–Trinajstić information content (AvgIpc) is 2.65. The number of nitrogens with zero attached hydrogens (tertiary/aromatic N) is 1. The maximum atomic E-state index is 12.3. The Morgan fingerprint density at radius 3 is 2.35 bits per heavy atom. The molecule has 26 heavy (non-hydrogen) atoms. The van der Waals surface area contributed by atoms with Crippen molar-refractivity contribution in [3.8, 4) is 22.6 Å². The molecule has 3 rings (SSSR count). The molecule has 0 spiro atoms. The fourth-order valence-electron chi connectivity index (χ4n) is 3.26. The van der Waals surface area contributed by atoms with E-state index < -0.39 is 11.8 Å². The first-order chi connectivity index (χ1) is 12.4. The molecule has 138 valence electrons. The number of nitrogens with two attached hydrogens (primary N) is 1. The molecule has 2 unspecified atom stereocenters. The fraction of sp³-hybridized carbons (Fsp3) is 0.350. The highest BCUT2D eigenvalue weighted by molar-refractivity contribution is 5.79. The minimum absolute atomic E-state index is 0.0206. The zero-order valence-electron chi connectivity index (χ0n) is 15.6. The van der Waals surface area contributed by atoms with Gasteiger partial charge in [0, 0.05) is 19.5 Å². The Bertz CT molecular complexity index is 801. The zero-order valence-corrected chi connectivity index (χ0v) is 15.6. The second-order valence-electron chi connectivity index (χ2n) is 6.78. The van der Waals surface area contributed by atoms with E-state index in [1.54, 1.807) is 21.3 Å². The van der Waals surface area contributed by atoms with Crippen LogP contribution in [0.25, 0.3) is 11.1 Å². The molecule has 1 amide bonds. The number of hydrogen-bond acceptors (Lipinski definition) is 5. The van der Waals surface area contributed by atoms with Crippen molar-refractivity contribution < 1.29 is 14.3 Å². The molecule has 0 aromatic heterocycles. The van der Waals surface area contributed by atoms with E-state index in [0.717, 1.165) is 28.2 Å². The molecule has 6 nitrogen and oxygen atoms in total. The third-order valence-electron chi connectivity index (χ3n) is 4.97. The number of carbonyl (C=O) groups is 1. The van der Waals surface area contributed by atoms with Crippen LogP contribution in [-0.4, -0.2) is 38.4 Å². The second-order valence-corrected chi connectivity index (χ2v) is 6.78. The summed E-state index contributed by atoms with van der Waals surface area (Å²) in [5.74, 6) is 1.48. The predicted molar refractivity (Wildman–Crippen MR) is 101 cm³/mol. The molecular formula is C20H25N3O3. The lowest BCUT2D eigenvalue weighted by atomic mass is 9.85. The van der Waals surface area contributed by atoms with Crippen LogP contribution in [0.5, 0.6) is 11.5 Å².